The van der Waals surface area contributed by atoms with E-state index in [4.69, 9.17) is 9.84 Å². The first kappa shape index (κ1) is 14.0. The van der Waals surface area contributed by atoms with Crippen LogP contribution in [0.4, 0.5) is 5.69 Å². The van der Waals surface area contributed by atoms with E-state index in [9.17, 15) is 20.3 Å². The molecule has 2 heterocycles. The summed E-state index contributed by atoms with van der Waals surface area (Å²) in [6.07, 6.45) is -2.61. The molecule has 1 aliphatic heterocycles. The summed E-state index contributed by atoms with van der Waals surface area (Å²) < 4.78 is 6.95. The highest BCUT2D eigenvalue weighted by atomic mass is 16.6. The zero-order valence-electron chi connectivity index (χ0n) is 10.9. The van der Waals surface area contributed by atoms with E-state index in [1.807, 2.05) is 0 Å². The van der Waals surface area contributed by atoms with Crippen LogP contribution in [-0.4, -0.2) is 49.7 Å². The second kappa shape index (κ2) is 5.08. The van der Waals surface area contributed by atoms with Gasteiger partial charge in [-0.15, -0.1) is 0 Å². The molecule has 1 aliphatic rings. The topological polar surface area (TPSA) is 118 Å². The van der Waals surface area contributed by atoms with E-state index in [2.05, 4.69) is 0 Å². The van der Waals surface area contributed by atoms with Crippen LogP contribution in [0.25, 0.3) is 10.9 Å². The van der Waals surface area contributed by atoms with Gasteiger partial charge in [-0.3, -0.25) is 10.1 Å². The molecule has 2 aromatic rings. The Kier molecular flexibility index (Phi) is 3.38. The highest BCUT2D eigenvalue weighted by Crippen LogP contribution is 2.33. The Labute approximate surface area is 119 Å². The lowest BCUT2D eigenvalue weighted by molar-refractivity contribution is -0.384. The van der Waals surface area contributed by atoms with Gasteiger partial charge in [0.2, 0.25) is 0 Å². The zero-order chi connectivity index (χ0) is 15.1. The van der Waals surface area contributed by atoms with E-state index < -0.39 is 36.1 Å². The summed E-state index contributed by atoms with van der Waals surface area (Å²) in [7, 11) is 0. The second-order valence-corrected chi connectivity index (χ2v) is 4.95. The average molecular weight is 294 g/mol. The molecule has 21 heavy (non-hydrogen) atoms. The van der Waals surface area contributed by atoms with Crippen LogP contribution in [0.2, 0.25) is 0 Å². The van der Waals surface area contributed by atoms with Crippen LogP contribution in [0.3, 0.4) is 0 Å². The fourth-order valence-electron chi connectivity index (χ4n) is 2.58. The molecule has 0 aliphatic carbocycles. The smallest absolute Gasteiger partial charge is 0.271 e. The van der Waals surface area contributed by atoms with Gasteiger partial charge in [0.25, 0.3) is 5.69 Å². The largest absolute Gasteiger partial charge is 0.394 e. The van der Waals surface area contributed by atoms with Crippen molar-refractivity contribution in [2.24, 2.45) is 0 Å². The maximum atomic E-state index is 10.9. The van der Waals surface area contributed by atoms with Crippen molar-refractivity contribution < 1.29 is 25.0 Å². The Hall–Kier alpha value is -2.00. The quantitative estimate of drug-likeness (QED) is 0.548. The van der Waals surface area contributed by atoms with Gasteiger partial charge in [0, 0.05) is 23.7 Å². The molecule has 0 saturated carbocycles. The van der Waals surface area contributed by atoms with Gasteiger partial charge in [-0.05, 0) is 12.1 Å². The minimum absolute atomic E-state index is 0.0748. The number of aromatic nitrogens is 1. The van der Waals surface area contributed by atoms with Crippen LogP contribution in [0.15, 0.2) is 30.5 Å². The molecule has 1 unspecified atom stereocenters. The van der Waals surface area contributed by atoms with Crippen LogP contribution >= 0.6 is 0 Å². The van der Waals surface area contributed by atoms with Crippen molar-refractivity contribution in [2.45, 2.75) is 24.5 Å². The van der Waals surface area contributed by atoms with Crippen molar-refractivity contribution in [1.82, 2.24) is 4.57 Å². The number of nitrogens with zero attached hydrogens (tertiary/aromatic N) is 2. The molecule has 3 rings (SSSR count). The number of benzene rings is 1. The molecular weight excluding hydrogens is 280 g/mol. The first-order valence-corrected chi connectivity index (χ1v) is 6.40. The molecule has 1 aromatic heterocycles. The third kappa shape index (κ3) is 2.18. The van der Waals surface area contributed by atoms with E-state index in [0.717, 1.165) is 5.39 Å². The summed E-state index contributed by atoms with van der Waals surface area (Å²) in [6.45, 7) is -0.423. The van der Waals surface area contributed by atoms with E-state index in [1.54, 1.807) is 18.3 Å². The minimum Gasteiger partial charge on any atom is -0.394 e. The fourth-order valence-corrected chi connectivity index (χ4v) is 2.58. The van der Waals surface area contributed by atoms with Gasteiger partial charge in [0.15, 0.2) is 6.23 Å². The standard InChI is InChI=1S/C13H14N2O6/c16-6-10-11(17)12(18)13(21-10)14-4-3-7-1-2-8(15(19)20)5-9(7)14/h1-5,10-13,16-18H,6H2/t10-,11-,12-,13?/m1/s1. The summed E-state index contributed by atoms with van der Waals surface area (Å²) in [5.74, 6) is 0. The normalized spacial score (nSPS) is 29.1. The number of aliphatic hydroxyl groups excluding tert-OH is 3. The lowest BCUT2D eigenvalue weighted by Gasteiger charge is -2.17. The number of hydrogen-bond donors (Lipinski definition) is 3. The molecule has 0 bridgehead atoms. The molecule has 4 atom stereocenters. The lowest BCUT2D eigenvalue weighted by atomic mass is 10.1. The first-order valence-electron chi connectivity index (χ1n) is 6.40. The van der Waals surface area contributed by atoms with Crippen LogP contribution in [0.1, 0.15) is 6.23 Å². The minimum atomic E-state index is -1.22. The third-order valence-electron chi connectivity index (χ3n) is 3.71. The second-order valence-electron chi connectivity index (χ2n) is 4.95. The van der Waals surface area contributed by atoms with Crippen molar-refractivity contribution in [3.05, 3.63) is 40.6 Å². The monoisotopic (exact) mass is 294 g/mol. The Morgan fingerprint density at radius 1 is 1.29 bits per heavy atom. The van der Waals surface area contributed by atoms with Crippen LogP contribution in [0, 0.1) is 10.1 Å². The molecule has 3 N–H and O–H groups in total. The summed E-state index contributed by atoms with van der Waals surface area (Å²) in [4.78, 5) is 10.4. The van der Waals surface area contributed by atoms with Crippen LogP contribution < -0.4 is 0 Å². The van der Waals surface area contributed by atoms with Crippen molar-refractivity contribution in [3.8, 4) is 0 Å². The van der Waals surface area contributed by atoms with E-state index in [0.29, 0.717) is 5.52 Å². The van der Waals surface area contributed by atoms with E-state index in [-0.39, 0.29) is 5.69 Å². The number of aliphatic hydroxyl groups is 3. The lowest BCUT2D eigenvalue weighted by Crippen LogP contribution is -2.33. The summed E-state index contributed by atoms with van der Waals surface area (Å²) in [5.41, 5.74) is 0.438. The van der Waals surface area contributed by atoms with E-state index in [1.165, 1.54) is 16.7 Å². The number of hydrogen-bond acceptors (Lipinski definition) is 6. The molecule has 8 heteroatoms. The Morgan fingerprint density at radius 2 is 2.05 bits per heavy atom. The molecule has 1 saturated heterocycles. The summed E-state index contributed by atoms with van der Waals surface area (Å²) >= 11 is 0. The Bertz CT molecular complexity index is 684. The Morgan fingerprint density at radius 3 is 2.67 bits per heavy atom. The maximum absolute atomic E-state index is 10.9. The number of nitro groups is 1. The van der Waals surface area contributed by atoms with E-state index >= 15 is 0 Å². The number of fused-ring (bicyclic) bond motifs is 1. The molecule has 1 fully saturated rings. The molecule has 0 amide bonds. The van der Waals surface area contributed by atoms with Gasteiger partial charge in [-0.2, -0.15) is 0 Å². The Balaban J connectivity index is 2.04. The van der Waals surface area contributed by atoms with Crippen LogP contribution in [0.5, 0.6) is 0 Å². The van der Waals surface area contributed by atoms with Gasteiger partial charge in [-0.1, -0.05) is 0 Å². The van der Waals surface area contributed by atoms with Crippen LogP contribution in [-0.2, 0) is 4.74 Å². The van der Waals surface area contributed by atoms with Gasteiger partial charge >= 0.3 is 0 Å². The molecular formula is C13H14N2O6. The molecule has 8 nitrogen and oxygen atoms in total. The summed E-state index contributed by atoms with van der Waals surface area (Å²) in [5, 5.41) is 40.5. The van der Waals surface area contributed by atoms with Gasteiger partial charge in [-0.25, -0.2) is 0 Å². The number of non-ortho nitro benzene ring substituents is 1. The molecule has 0 spiro atoms. The van der Waals surface area contributed by atoms with Gasteiger partial charge in [0.1, 0.15) is 18.3 Å². The molecule has 0 radical (unpaired) electrons. The van der Waals surface area contributed by atoms with Gasteiger partial charge in [0.05, 0.1) is 17.0 Å². The number of nitro benzene ring substituents is 1. The molecule has 112 valence electrons. The van der Waals surface area contributed by atoms with Gasteiger partial charge < -0.3 is 24.6 Å². The van der Waals surface area contributed by atoms with Crippen molar-refractivity contribution in [1.29, 1.82) is 0 Å². The third-order valence-corrected chi connectivity index (χ3v) is 3.71. The molecule has 1 aromatic carbocycles. The zero-order valence-corrected chi connectivity index (χ0v) is 10.9. The highest BCUT2D eigenvalue weighted by molar-refractivity contribution is 5.82. The number of rotatable bonds is 3. The highest BCUT2D eigenvalue weighted by Gasteiger charge is 2.43. The first-order chi connectivity index (χ1) is 10.0. The maximum Gasteiger partial charge on any atom is 0.271 e. The predicted octanol–water partition coefficient (Wildman–Crippen LogP) is 0.161. The SMILES string of the molecule is O=[N+]([O-])c1ccc2ccn(C3O[C@H](CO)[C@@H](O)[C@H]3O)c2c1. The number of ether oxygens (including phenoxy) is 1. The average Bonchev–Trinajstić information content (AvgIpc) is 3.01. The predicted molar refractivity (Wildman–Crippen MR) is 71.6 cm³/mol. The van der Waals surface area contributed by atoms with Crippen molar-refractivity contribution in [3.63, 3.8) is 0 Å². The fraction of sp³-hybridized carbons (Fsp3) is 0.385. The van der Waals surface area contributed by atoms with Crippen molar-refractivity contribution >= 4 is 16.6 Å². The summed E-state index contributed by atoms with van der Waals surface area (Å²) in [6, 6.07) is 6.10. The van der Waals surface area contributed by atoms with Crippen molar-refractivity contribution in [2.75, 3.05) is 6.61 Å².